The van der Waals surface area contributed by atoms with Gasteiger partial charge in [-0.25, -0.2) is 4.79 Å². The Morgan fingerprint density at radius 3 is 2.70 bits per heavy atom. The van der Waals surface area contributed by atoms with Crippen molar-refractivity contribution in [1.82, 2.24) is 4.90 Å². The first-order chi connectivity index (χ1) is 9.65. The molecule has 0 saturated carbocycles. The van der Waals surface area contributed by atoms with Crippen LogP contribution in [0.2, 0.25) is 5.02 Å². The number of nitrogens with zero attached hydrogens (tertiary/aromatic N) is 2. The number of rotatable bonds is 4. The quantitative estimate of drug-likeness (QED) is 0.854. The van der Waals surface area contributed by atoms with Gasteiger partial charge in [-0.05, 0) is 44.5 Å². The highest BCUT2D eigenvalue weighted by molar-refractivity contribution is 6.30. The molecular formula is C15H21ClN2O2. The molecule has 0 bridgehead atoms. The summed E-state index contributed by atoms with van der Waals surface area (Å²) in [5.41, 5.74) is 1.15. The predicted octanol–water partition coefficient (Wildman–Crippen LogP) is 3.40. The Hall–Kier alpha value is -1.42. The zero-order valence-electron chi connectivity index (χ0n) is 12.0. The molecule has 1 unspecified atom stereocenters. The molecule has 5 heteroatoms. The van der Waals surface area contributed by atoms with Crippen LogP contribution >= 0.6 is 11.6 Å². The summed E-state index contributed by atoms with van der Waals surface area (Å²) in [5, 5.41) is 0.740. The molecule has 1 fully saturated rings. The predicted molar refractivity (Wildman–Crippen MR) is 81.5 cm³/mol. The summed E-state index contributed by atoms with van der Waals surface area (Å²) in [6.45, 7) is 6.76. The molecular weight excluding hydrogens is 276 g/mol. The first-order valence-corrected chi connectivity index (χ1v) is 7.47. The normalized spacial score (nSPS) is 18.1. The average molecular weight is 297 g/mol. The molecule has 20 heavy (non-hydrogen) atoms. The van der Waals surface area contributed by atoms with Gasteiger partial charge in [0.2, 0.25) is 0 Å². The lowest BCUT2D eigenvalue weighted by Gasteiger charge is -2.30. The summed E-state index contributed by atoms with van der Waals surface area (Å²) in [5.74, 6) is 0. The first kappa shape index (κ1) is 15.0. The number of halogens is 1. The lowest BCUT2D eigenvalue weighted by Crippen LogP contribution is -2.39. The van der Waals surface area contributed by atoms with Crippen molar-refractivity contribution in [3.05, 3.63) is 29.3 Å². The van der Waals surface area contributed by atoms with Gasteiger partial charge in [0.1, 0.15) is 0 Å². The fraction of sp³-hybridized carbons (Fsp3) is 0.533. The van der Waals surface area contributed by atoms with Crippen molar-refractivity contribution in [2.24, 2.45) is 0 Å². The molecule has 1 aliphatic rings. The van der Waals surface area contributed by atoms with Crippen LogP contribution in [0.5, 0.6) is 0 Å². The largest absolute Gasteiger partial charge is 0.450 e. The topological polar surface area (TPSA) is 32.8 Å². The fourth-order valence-electron chi connectivity index (χ4n) is 2.66. The van der Waals surface area contributed by atoms with Crippen molar-refractivity contribution in [2.45, 2.75) is 26.3 Å². The minimum atomic E-state index is -0.206. The van der Waals surface area contributed by atoms with Crippen LogP contribution < -0.4 is 4.90 Å². The first-order valence-electron chi connectivity index (χ1n) is 7.09. The second kappa shape index (κ2) is 6.84. The van der Waals surface area contributed by atoms with Gasteiger partial charge in [0.25, 0.3) is 0 Å². The third-order valence-corrected chi connectivity index (χ3v) is 3.88. The van der Waals surface area contributed by atoms with E-state index in [9.17, 15) is 4.79 Å². The number of carbonyl (C=O) groups is 1. The summed E-state index contributed by atoms with van der Waals surface area (Å²) >= 11 is 5.93. The highest BCUT2D eigenvalue weighted by Crippen LogP contribution is 2.24. The molecule has 1 atom stereocenters. The maximum Gasteiger partial charge on any atom is 0.409 e. The van der Waals surface area contributed by atoms with E-state index in [1.54, 1.807) is 4.90 Å². The van der Waals surface area contributed by atoms with Crippen LogP contribution in [-0.2, 0) is 4.74 Å². The molecule has 0 aliphatic carbocycles. The number of ether oxygens (including phenoxy) is 1. The number of amides is 1. The zero-order chi connectivity index (χ0) is 14.5. The molecule has 1 aromatic carbocycles. The smallest absolute Gasteiger partial charge is 0.409 e. The summed E-state index contributed by atoms with van der Waals surface area (Å²) < 4.78 is 5.06. The monoisotopic (exact) mass is 296 g/mol. The third-order valence-electron chi connectivity index (χ3n) is 3.63. The molecule has 110 valence electrons. The summed E-state index contributed by atoms with van der Waals surface area (Å²) in [6, 6.07) is 8.19. The Bertz CT molecular complexity index is 450. The Labute approximate surface area is 125 Å². The minimum absolute atomic E-state index is 0.206. The van der Waals surface area contributed by atoms with Crippen molar-refractivity contribution in [1.29, 1.82) is 0 Å². The molecule has 0 aromatic heterocycles. The SMILES string of the molecule is CCOC(=O)N1CCC(N(CC)c2ccc(Cl)cc2)C1. The van der Waals surface area contributed by atoms with Crippen LogP contribution in [0, 0.1) is 0 Å². The Morgan fingerprint density at radius 2 is 2.10 bits per heavy atom. The van der Waals surface area contributed by atoms with E-state index in [4.69, 9.17) is 16.3 Å². The van der Waals surface area contributed by atoms with Crippen LogP contribution in [0.15, 0.2) is 24.3 Å². The lowest BCUT2D eigenvalue weighted by atomic mass is 10.2. The summed E-state index contributed by atoms with van der Waals surface area (Å²) in [4.78, 5) is 15.9. The molecule has 0 N–H and O–H groups in total. The van der Waals surface area contributed by atoms with Gasteiger partial charge in [0, 0.05) is 36.4 Å². The second-order valence-corrected chi connectivity index (χ2v) is 5.29. The highest BCUT2D eigenvalue weighted by Gasteiger charge is 2.30. The van der Waals surface area contributed by atoms with Crippen LogP contribution in [0.3, 0.4) is 0 Å². The number of hydrogen-bond donors (Lipinski definition) is 0. The van der Waals surface area contributed by atoms with Gasteiger partial charge in [-0.15, -0.1) is 0 Å². The van der Waals surface area contributed by atoms with Crippen LogP contribution in [0.1, 0.15) is 20.3 Å². The third kappa shape index (κ3) is 3.37. The summed E-state index contributed by atoms with van der Waals surface area (Å²) in [7, 11) is 0. The van der Waals surface area contributed by atoms with Gasteiger partial charge < -0.3 is 14.5 Å². The van der Waals surface area contributed by atoms with Crippen molar-refractivity contribution >= 4 is 23.4 Å². The molecule has 1 amide bonds. The average Bonchev–Trinajstić information content (AvgIpc) is 2.92. The van der Waals surface area contributed by atoms with Gasteiger partial charge in [0.05, 0.1) is 6.61 Å². The van der Waals surface area contributed by atoms with E-state index in [2.05, 4.69) is 11.8 Å². The molecule has 0 radical (unpaired) electrons. The molecule has 2 rings (SSSR count). The van der Waals surface area contributed by atoms with E-state index in [1.165, 1.54) is 0 Å². The number of hydrogen-bond acceptors (Lipinski definition) is 3. The van der Waals surface area contributed by atoms with Crippen LogP contribution in [0.25, 0.3) is 0 Å². The van der Waals surface area contributed by atoms with Gasteiger partial charge in [-0.3, -0.25) is 0 Å². The standard InChI is InChI=1S/C15H21ClN2O2/c1-3-18(13-7-5-12(16)6-8-13)14-9-10-17(11-14)15(19)20-4-2/h5-8,14H,3-4,9-11H2,1-2H3. The molecule has 1 aromatic rings. The van der Waals surface area contributed by atoms with Crippen molar-refractivity contribution in [3.8, 4) is 0 Å². The van der Waals surface area contributed by atoms with Crippen molar-refractivity contribution in [2.75, 3.05) is 31.1 Å². The van der Waals surface area contributed by atoms with E-state index in [-0.39, 0.29) is 6.09 Å². The molecule has 1 saturated heterocycles. The van der Waals surface area contributed by atoms with Crippen LogP contribution in [-0.4, -0.2) is 43.3 Å². The number of likely N-dealkylation sites (N-methyl/N-ethyl adjacent to an activating group) is 1. The van der Waals surface area contributed by atoms with Gasteiger partial charge in [-0.1, -0.05) is 11.6 Å². The highest BCUT2D eigenvalue weighted by atomic mass is 35.5. The fourth-order valence-corrected chi connectivity index (χ4v) is 2.79. The number of benzene rings is 1. The maximum absolute atomic E-state index is 11.8. The zero-order valence-corrected chi connectivity index (χ0v) is 12.8. The Morgan fingerprint density at radius 1 is 1.40 bits per heavy atom. The van der Waals surface area contributed by atoms with Gasteiger partial charge >= 0.3 is 6.09 Å². The number of anilines is 1. The minimum Gasteiger partial charge on any atom is -0.450 e. The number of carbonyl (C=O) groups excluding carboxylic acids is 1. The molecule has 0 spiro atoms. The molecule has 4 nitrogen and oxygen atoms in total. The Kier molecular flexibility index (Phi) is 5.12. The van der Waals surface area contributed by atoms with Crippen molar-refractivity contribution < 1.29 is 9.53 Å². The van der Waals surface area contributed by atoms with E-state index >= 15 is 0 Å². The Balaban J connectivity index is 2.03. The van der Waals surface area contributed by atoms with Crippen molar-refractivity contribution in [3.63, 3.8) is 0 Å². The van der Waals surface area contributed by atoms with E-state index in [0.717, 1.165) is 36.8 Å². The summed E-state index contributed by atoms with van der Waals surface area (Å²) in [6.07, 6.45) is 0.761. The van der Waals surface area contributed by atoms with Gasteiger partial charge in [0.15, 0.2) is 0 Å². The van der Waals surface area contributed by atoms with E-state index < -0.39 is 0 Å². The van der Waals surface area contributed by atoms with Crippen LogP contribution in [0.4, 0.5) is 10.5 Å². The van der Waals surface area contributed by atoms with E-state index in [1.807, 2.05) is 31.2 Å². The lowest BCUT2D eigenvalue weighted by molar-refractivity contribution is 0.115. The molecule has 1 aliphatic heterocycles. The van der Waals surface area contributed by atoms with Gasteiger partial charge in [-0.2, -0.15) is 0 Å². The van der Waals surface area contributed by atoms with E-state index in [0.29, 0.717) is 12.6 Å². The number of likely N-dealkylation sites (tertiary alicyclic amines) is 1. The maximum atomic E-state index is 11.8. The second-order valence-electron chi connectivity index (χ2n) is 4.85. The molecule has 1 heterocycles.